The molecule has 0 aliphatic heterocycles. The number of Topliss-reactive ketones (excluding diaryl/α,β-unsaturated/α-hetero) is 1. The zero-order valence-corrected chi connectivity index (χ0v) is 8.97. The maximum absolute atomic E-state index is 11.4. The molecule has 0 radical (unpaired) electrons. The highest BCUT2D eigenvalue weighted by atomic mass is 16.2. The maximum atomic E-state index is 11.4. The fraction of sp³-hybridized carbons (Fsp3) is 0.778. The van der Waals surface area contributed by atoms with E-state index in [1.165, 1.54) is 11.8 Å². The first-order valence-electron chi connectivity index (χ1n) is 4.26. The van der Waals surface area contributed by atoms with E-state index in [1.807, 2.05) is 0 Å². The Labute approximate surface area is 79.3 Å². The van der Waals surface area contributed by atoms with Crippen LogP contribution in [0.2, 0.25) is 0 Å². The summed E-state index contributed by atoms with van der Waals surface area (Å²) in [6.07, 6.45) is 0. The van der Waals surface area contributed by atoms with Crippen LogP contribution in [-0.4, -0.2) is 42.8 Å². The molecule has 76 valence electrons. The molecule has 1 amide bonds. The van der Waals surface area contributed by atoms with Gasteiger partial charge in [0.15, 0.2) is 5.78 Å². The van der Waals surface area contributed by atoms with Gasteiger partial charge in [-0.1, -0.05) is 0 Å². The monoisotopic (exact) mass is 186 g/mol. The van der Waals surface area contributed by atoms with Gasteiger partial charge in [-0.05, 0) is 27.8 Å². The normalized spacial score (nSPS) is 11.2. The molecule has 0 spiro atoms. The highest BCUT2D eigenvalue weighted by Crippen LogP contribution is 2.12. The molecular weight excluding hydrogens is 168 g/mol. The van der Waals surface area contributed by atoms with Crippen molar-refractivity contribution in [1.82, 2.24) is 10.2 Å². The number of likely N-dealkylation sites (N-methyl/N-ethyl adjacent to an activating group) is 2. The van der Waals surface area contributed by atoms with Crippen molar-refractivity contribution in [2.45, 2.75) is 26.3 Å². The fourth-order valence-electron chi connectivity index (χ4n) is 0.818. The average Bonchev–Trinajstić information content (AvgIpc) is 2.03. The molecular formula is C9H18N2O2. The van der Waals surface area contributed by atoms with E-state index in [9.17, 15) is 9.59 Å². The molecule has 0 saturated carbocycles. The van der Waals surface area contributed by atoms with E-state index in [4.69, 9.17) is 0 Å². The number of amides is 1. The van der Waals surface area contributed by atoms with Crippen molar-refractivity contribution in [3.05, 3.63) is 0 Å². The van der Waals surface area contributed by atoms with Crippen molar-refractivity contribution in [3.63, 3.8) is 0 Å². The third-order valence-electron chi connectivity index (χ3n) is 2.40. The molecule has 4 nitrogen and oxygen atoms in total. The Morgan fingerprint density at radius 3 is 2.15 bits per heavy atom. The van der Waals surface area contributed by atoms with Gasteiger partial charge in [-0.2, -0.15) is 0 Å². The molecule has 0 aromatic rings. The molecule has 0 bridgehead atoms. The lowest BCUT2D eigenvalue weighted by Crippen LogP contribution is -2.51. The Morgan fingerprint density at radius 1 is 1.38 bits per heavy atom. The van der Waals surface area contributed by atoms with Crippen LogP contribution in [0.5, 0.6) is 0 Å². The summed E-state index contributed by atoms with van der Waals surface area (Å²) in [5.41, 5.74) is -0.714. The van der Waals surface area contributed by atoms with Gasteiger partial charge in [0, 0.05) is 7.05 Å². The second kappa shape index (κ2) is 4.37. The van der Waals surface area contributed by atoms with E-state index in [-0.39, 0.29) is 18.2 Å². The van der Waals surface area contributed by atoms with Crippen LogP contribution in [0.15, 0.2) is 0 Å². The van der Waals surface area contributed by atoms with Gasteiger partial charge in [-0.15, -0.1) is 0 Å². The van der Waals surface area contributed by atoms with Gasteiger partial charge < -0.3 is 10.2 Å². The van der Waals surface area contributed by atoms with Crippen molar-refractivity contribution < 1.29 is 9.59 Å². The highest BCUT2D eigenvalue weighted by molar-refractivity contribution is 5.91. The molecule has 0 aromatic carbocycles. The molecule has 0 aliphatic carbocycles. The molecule has 0 fully saturated rings. The molecule has 0 saturated heterocycles. The first-order chi connectivity index (χ1) is 5.84. The van der Waals surface area contributed by atoms with Crippen LogP contribution in [0.4, 0.5) is 0 Å². The molecule has 4 heteroatoms. The lowest BCUT2D eigenvalue weighted by Gasteiger charge is -2.33. The largest absolute Gasteiger partial charge is 0.332 e. The number of hydrogen-bond acceptors (Lipinski definition) is 3. The maximum Gasteiger partial charge on any atom is 0.237 e. The first-order valence-corrected chi connectivity index (χ1v) is 4.26. The molecule has 0 heterocycles. The Hall–Kier alpha value is -0.900. The molecule has 0 aromatic heterocycles. The number of hydrogen-bond donors (Lipinski definition) is 1. The Balaban J connectivity index is 4.48. The van der Waals surface area contributed by atoms with Gasteiger partial charge in [0.1, 0.15) is 0 Å². The van der Waals surface area contributed by atoms with Crippen LogP contribution in [0.3, 0.4) is 0 Å². The van der Waals surface area contributed by atoms with E-state index < -0.39 is 5.54 Å². The summed E-state index contributed by atoms with van der Waals surface area (Å²) in [5.74, 6) is -0.0952. The summed E-state index contributed by atoms with van der Waals surface area (Å²) in [6.45, 7) is 5.22. The van der Waals surface area contributed by atoms with Gasteiger partial charge >= 0.3 is 0 Å². The predicted molar refractivity (Wildman–Crippen MR) is 51.5 cm³/mol. The van der Waals surface area contributed by atoms with Crippen LogP contribution < -0.4 is 5.32 Å². The van der Waals surface area contributed by atoms with Crippen LogP contribution in [0.25, 0.3) is 0 Å². The van der Waals surface area contributed by atoms with Crippen LogP contribution in [0.1, 0.15) is 20.8 Å². The second-order valence-electron chi connectivity index (χ2n) is 3.60. The van der Waals surface area contributed by atoms with Crippen molar-refractivity contribution >= 4 is 11.7 Å². The minimum atomic E-state index is -0.714. The van der Waals surface area contributed by atoms with Gasteiger partial charge in [0.2, 0.25) is 5.91 Å². The summed E-state index contributed by atoms with van der Waals surface area (Å²) in [4.78, 5) is 24.1. The van der Waals surface area contributed by atoms with Gasteiger partial charge in [0.25, 0.3) is 0 Å². The van der Waals surface area contributed by atoms with Crippen molar-refractivity contribution in [3.8, 4) is 0 Å². The number of carbonyl (C=O) groups is 2. The van der Waals surface area contributed by atoms with Crippen molar-refractivity contribution in [2.24, 2.45) is 0 Å². The summed E-state index contributed by atoms with van der Waals surface area (Å²) < 4.78 is 0. The number of ketones is 1. The number of nitrogens with one attached hydrogen (secondary N) is 1. The highest BCUT2D eigenvalue weighted by Gasteiger charge is 2.31. The Morgan fingerprint density at radius 2 is 1.85 bits per heavy atom. The smallest absolute Gasteiger partial charge is 0.237 e. The molecule has 0 atom stereocenters. The third-order valence-corrected chi connectivity index (χ3v) is 2.40. The lowest BCUT2D eigenvalue weighted by atomic mass is 9.98. The quantitative estimate of drug-likeness (QED) is 0.674. The van der Waals surface area contributed by atoms with E-state index in [0.717, 1.165) is 0 Å². The van der Waals surface area contributed by atoms with Crippen LogP contribution in [-0.2, 0) is 9.59 Å². The van der Waals surface area contributed by atoms with Gasteiger partial charge in [-0.3, -0.25) is 9.59 Å². The van der Waals surface area contributed by atoms with Crippen LogP contribution >= 0.6 is 0 Å². The average molecular weight is 186 g/mol. The summed E-state index contributed by atoms with van der Waals surface area (Å²) in [6, 6.07) is 0. The van der Waals surface area contributed by atoms with E-state index in [1.54, 1.807) is 27.9 Å². The SMILES string of the molecule is CNCC(=O)N(C)C(C)(C)C(C)=O. The second-order valence-corrected chi connectivity index (χ2v) is 3.60. The predicted octanol–water partition coefficient (Wildman–Crippen LogP) is 0.0318. The number of carbonyl (C=O) groups excluding carboxylic acids is 2. The topological polar surface area (TPSA) is 49.4 Å². The molecule has 0 unspecified atom stereocenters. The van der Waals surface area contributed by atoms with E-state index in [2.05, 4.69) is 5.32 Å². The summed E-state index contributed by atoms with van der Waals surface area (Å²) in [7, 11) is 3.34. The van der Waals surface area contributed by atoms with Gasteiger partial charge in [-0.25, -0.2) is 0 Å². The minimum Gasteiger partial charge on any atom is -0.332 e. The molecule has 1 N–H and O–H groups in total. The fourth-order valence-corrected chi connectivity index (χ4v) is 0.818. The minimum absolute atomic E-state index is 0.0144. The van der Waals surface area contributed by atoms with E-state index >= 15 is 0 Å². The zero-order valence-electron chi connectivity index (χ0n) is 8.97. The van der Waals surface area contributed by atoms with Crippen molar-refractivity contribution in [1.29, 1.82) is 0 Å². The zero-order chi connectivity index (χ0) is 10.6. The van der Waals surface area contributed by atoms with Crippen LogP contribution in [0, 0.1) is 0 Å². The van der Waals surface area contributed by atoms with E-state index in [0.29, 0.717) is 0 Å². The number of nitrogens with zero attached hydrogens (tertiary/aromatic N) is 1. The lowest BCUT2D eigenvalue weighted by molar-refractivity contribution is -0.141. The number of rotatable bonds is 4. The Kier molecular flexibility index (Phi) is 4.07. The molecule has 0 aliphatic rings. The molecule has 13 heavy (non-hydrogen) atoms. The van der Waals surface area contributed by atoms with Crippen molar-refractivity contribution in [2.75, 3.05) is 20.6 Å². The third kappa shape index (κ3) is 2.81. The standard InChI is InChI=1S/C9H18N2O2/c1-7(12)9(2,3)11(5)8(13)6-10-4/h10H,6H2,1-5H3. The first kappa shape index (κ1) is 12.1. The van der Waals surface area contributed by atoms with Gasteiger partial charge in [0.05, 0.1) is 12.1 Å². The molecule has 0 rings (SSSR count). The summed E-state index contributed by atoms with van der Waals surface area (Å²) in [5, 5.41) is 2.76. The Bertz CT molecular complexity index is 212. The summed E-state index contributed by atoms with van der Waals surface area (Å²) >= 11 is 0.